The van der Waals surface area contributed by atoms with E-state index in [0.717, 1.165) is 44.9 Å². The molecule has 0 rings (SSSR count). The third-order valence-electron chi connectivity index (χ3n) is 13.5. The molecule has 0 aliphatic rings. The highest BCUT2D eigenvalue weighted by Crippen LogP contribution is 2.17. The van der Waals surface area contributed by atoms with Crippen LogP contribution in [0.5, 0.6) is 0 Å². The number of aliphatic hydroxyl groups excluding tert-OH is 2. The van der Waals surface area contributed by atoms with E-state index >= 15 is 0 Å². The second kappa shape index (κ2) is 54.9. The third kappa shape index (κ3) is 51.6. The van der Waals surface area contributed by atoms with Crippen LogP contribution in [0.2, 0.25) is 0 Å². The van der Waals surface area contributed by atoms with Crippen LogP contribution in [0.1, 0.15) is 316 Å². The summed E-state index contributed by atoms with van der Waals surface area (Å²) in [7, 11) is 0. The number of nitrogens with one attached hydrogen (secondary N) is 1. The van der Waals surface area contributed by atoms with Gasteiger partial charge in [-0.25, -0.2) is 0 Å². The maximum absolute atomic E-state index is 12.4. The molecule has 0 spiro atoms. The first-order chi connectivity index (χ1) is 32.0. The summed E-state index contributed by atoms with van der Waals surface area (Å²) in [6.45, 7) is 4.94. The molecule has 6 heteroatoms. The lowest BCUT2D eigenvalue weighted by Crippen LogP contribution is -2.45. The van der Waals surface area contributed by atoms with Gasteiger partial charge in [0.15, 0.2) is 0 Å². The molecule has 0 fully saturated rings. The predicted octanol–water partition coefficient (Wildman–Crippen LogP) is 17.9. The normalized spacial score (nSPS) is 12.7. The van der Waals surface area contributed by atoms with Gasteiger partial charge in [0.2, 0.25) is 5.91 Å². The Kier molecular flexibility index (Phi) is 53.5. The van der Waals surface area contributed by atoms with Gasteiger partial charge in [-0.05, 0) is 77.0 Å². The number of carbonyl (C=O) groups is 2. The monoisotopic (exact) mass is 916 g/mol. The van der Waals surface area contributed by atoms with Gasteiger partial charge in [0, 0.05) is 12.8 Å². The summed E-state index contributed by atoms with van der Waals surface area (Å²) in [5.41, 5.74) is 0. The fourth-order valence-corrected chi connectivity index (χ4v) is 8.98. The van der Waals surface area contributed by atoms with Gasteiger partial charge < -0.3 is 20.3 Å². The van der Waals surface area contributed by atoms with Crippen molar-refractivity contribution in [1.82, 2.24) is 5.32 Å². The summed E-state index contributed by atoms with van der Waals surface area (Å²) in [5.74, 6) is -0.0413. The molecule has 3 N–H and O–H groups in total. The summed E-state index contributed by atoms with van der Waals surface area (Å²) in [6, 6.07) is -0.546. The molecular formula is C59H113NO5. The largest absolute Gasteiger partial charge is 0.466 e. The highest BCUT2D eigenvalue weighted by Gasteiger charge is 2.20. The zero-order valence-corrected chi connectivity index (χ0v) is 43.7. The Balaban J connectivity index is 3.40. The van der Waals surface area contributed by atoms with Gasteiger partial charge in [0.05, 0.1) is 25.4 Å². The van der Waals surface area contributed by atoms with E-state index in [2.05, 4.69) is 43.5 Å². The average Bonchev–Trinajstić information content (AvgIpc) is 3.31. The first kappa shape index (κ1) is 63.3. The summed E-state index contributed by atoms with van der Waals surface area (Å²) >= 11 is 0. The maximum Gasteiger partial charge on any atom is 0.305 e. The number of carbonyl (C=O) groups excluding carboxylic acids is 2. The molecule has 0 radical (unpaired) electrons. The molecule has 0 aromatic heterocycles. The highest BCUT2D eigenvalue weighted by molar-refractivity contribution is 5.76. The van der Waals surface area contributed by atoms with Crippen molar-refractivity contribution in [2.75, 3.05) is 13.2 Å². The second-order valence-corrected chi connectivity index (χ2v) is 20.0. The first-order valence-electron chi connectivity index (χ1n) is 29.1. The second-order valence-electron chi connectivity index (χ2n) is 20.0. The standard InChI is InChI=1S/C59H113NO5/c1-3-5-7-9-11-13-15-16-17-22-26-29-33-37-41-45-49-53-59(64)65-54-50-46-42-38-34-30-27-24-21-19-18-20-23-25-28-32-36-40-44-48-52-58(63)60-56(55-61)57(62)51-47-43-39-35-31-14-12-10-8-6-4-2/h16-18,20,56-57,61-62H,3-15,19,21-55H2,1-2H3,(H,60,63)/b17-16-,20-18-. The number of hydrogen-bond donors (Lipinski definition) is 3. The Morgan fingerprint density at radius 2 is 0.723 bits per heavy atom. The van der Waals surface area contributed by atoms with E-state index in [0.29, 0.717) is 25.9 Å². The van der Waals surface area contributed by atoms with E-state index in [1.54, 1.807) is 0 Å². The number of amides is 1. The summed E-state index contributed by atoms with van der Waals surface area (Å²) in [5, 5.41) is 23.2. The zero-order chi connectivity index (χ0) is 47.2. The highest BCUT2D eigenvalue weighted by atomic mass is 16.5. The summed E-state index contributed by atoms with van der Waals surface area (Å²) in [4.78, 5) is 24.5. The SMILES string of the molecule is CCCCCCCC/C=C\CCCCCCCCCC(=O)OCCCCCCCCCCC/C=C\CCCCCCCCCC(=O)NC(CO)C(O)CCCCCCCCCCCCC. The lowest BCUT2D eigenvalue weighted by molar-refractivity contribution is -0.143. The van der Waals surface area contributed by atoms with Crippen LogP contribution in [0.4, 0.5) is 0 Å². The quantitative estimate of drug-likeness (QED) is 0.0321. The lowest BCUT2D eigenvalue weighted by Gasteiger charge is -2.22. The minimum absolute atomic E-state index is 0.00295. The Labute approximate surface area is 405 Å². The van der Waals surface area contributed by atoms with Crippen LogP contribution in [-0.2, 0) is 14.3 Å². The molecule has 6 nitrogen and oxygen atoms in total. The van der Waals surface area contributed by atoms with E-state index in [4.69, 9.17) is 4.74 Å². The van der Waals surface area contributed by atoms with Gasteiger partial charge in [-0.2, -0.15) is 0 Å². The molecule has 0 heterocycles. The van der Waals surface area contributed by atoms with Crippen LogP contribution in [0.25, 0.3) is 0 Å². The van der Waals surface area contributed by atoms with Crippen LogP contribution < -0.4 is 5.32 Å². The van der Waals surface area contributed by atoms with E-state index in [1.165, 1.54) is 238 Å². The molecule has 0 saturated carbocycles. The number of allylic oxidation sites excluding steroid dienone is 4. The molecule has 0 aromatic rings. The van der Waals surface area contributed by atoms with Crippen LogP contribution in [0.3, 0.4) is 0 Å². The van der Waals surface area contributed by atoms with E-state index in [1.807, 2.05) is 0 Å². The fraction of sp³-hybridized carbons (Fsp3) is 0.898. The Morgan fingerprint density at radius 3 is 1.09 bits per heavy atom. The van der Waals surface area contributed by atoms with Crippen LogP contribution in [0.15, 0.2) is 24.3 Å². The van der Waals surface area contributed by atoms with Crippen molar-refractivity contribution in [2.45, 2.75) is 328 Å². The topological polar surface area (TPSA) is 95.9 Å². The van der Waals surface area contributed by atoms with E-state index in [-0.39, 0.29) is 18.5 Å². The molecule has 384 valence electrons. The van der Waals surface area contributed by atoms with Gasteiger partial charge in [0.1, 0.15) is 0 Å². The average molecular weight is 917 g/mol. The van der Waals surface area contributed by atoms with Crippen molar-refractivity contribution in [1.29, 1.82) is 0 Å². The summed E-state index contributed by atoms with van der Waals surface area (Å²) < 4.78 is 5.48. The van der Waals surface area contributed by atoms with Crippen molar-refractivity contribution < 1.29 is 24.5 Å². The van der Waals surface area contributed by atoms with Crippen LogP contribution >= 0.6 is 0 Å². The van der Waals surface area contributed by atoms with Crippen molar-refractivity contribution in [2.24, 2.45) is 0 Å². The zero-order valence-electron chi connectivity index (χ0n) is 43.7. The minimum atomic E-state index is -0.668. The number of hydrogen-bond acceptors (Lipinski definition) is 5. The van der Waals surface area contributed by atoms with Gasteiger partial charge in [-0.1, -0.05) is 250 Å². The van der Waals surface area contributed by atoms with Gasteiger partial charge in [-0.3, -0.25) is 9.59 Å². The number of ether oxygens (including phenoxy) is 1. The molecule has 65 heavy (non-hydrogen) atoms. The molecular weight excluding hydrogens is 803 g/mol. The minimum Gasteiger partial charge on any atom is -0.466 e. The fourth-order valence-electron chi connectivity index (χ4n) is 8.98. The number of rotatable bonds is 54. The lowest BCUT2D eigenvalue weighted by atomic mass is 10.0. The smallest absolute Gasteiger partial charge is 0.305 e. The Hall–Kier alpha value is -1.66. The van der Waals surface area contributed by atoms with Gasteiger partial charge in [-0.15, -0.1) is 0 Å². The Bertz CT molecular complexity index is 1010. The predicted molar refractivity (Wildman–Crippen MR) is 283 cm³/mol. The molecule has 2 atom stereocenters. The third-order valence-corrected chi connectivity index (χ3v) is 13.5. The first-order valence-corrected chi connectivity index (χ1v) is 29.1. The van der Waals surface area contributed by atoms with Gasteiger partial charge in [0.25, 0.3) is 0 Å². The number of unbranched alkanes of at least 4 members (excludes halogenated alkanes) is 39. The van der Waals surface area contributed by atoms with Gasteiger partial charge >= 0.3 is 5.97 Å². The van der Waals surface area contributed by atoms with Crippen LogP contribution in [-0.4, -0.2) is 47.4 Å². The number of esters is 1. The molecule has 1 amide bonds. The van der Waals surface area contributed by atoms with Crippen molar-refractivity contribution in [3.8, 4) is 0 Å². The number of aliphatic hydroxyl groups is 2. The molecule has 0 aromatic carbocycles. The van der Waals surface area contributed by atoms with Crippen molar-refractivity contribution in [3.63, 3.8) is 0 Å². The molecule has 0 bridgehead atoms. The molecule has 2 unspecified atom stereocenters. The molecule has 0 aliphatic carbocycles. The van der Waals surface area contributed by atoms with Crippen molar-refractivity contribution >= 4 is 11.9 Å². The molecule has 0 saturated heterocycles. The maximum atomic E-state index is 12.4. The van der Waals surface area contributed by atoms with E-state index < -0.39 is 12.1 Å². The van der Waals surface area contributed by atoms with Crippen molar-refractivity contribution in [3.05, 3.63) is 24.3 Å². The van der Waals surface area contributed by atoms with Crippen LogP contribution in [0, 0.1) is 0 Å². The van der Waals surface area contributed by atoms with E-state index in [9.17, 15) is 19.8 Å². The Morgan fingerprint density at radius 1 is 0.415 bits per heavy atom. The summed E-state index contributed by atoms with van der Waals surface area (Å²) in [6.07, 6.45) is 66.0. The molecule has 0 aliphatic heterocycles.